The molecule has 0 radical (unpaired) electrons. The maximum absolute atomic E-state index is 13.2. The van der Waals surface area contributed by atoms with Crippen LogP contribution in [0.4, 0.5) is 4.39 Å². The Bertz CT molecular complexity index is 536. The number of alkyl halides is 1. The highest BCUT2D eigenvalue weighted by atomic mass is 79.9. The van der Waals surface area contributed by atoms with Crippen LogP contribution in [0.5, 0.6) is 0 Å². The topological polar surface area (TPSA) is 0 Å². The Hall–Kier alpha value is -0.0900. The van der Waals surface area contributed by atoms with Gasteiger partial charge in [0.15, 0.2) is 0 Å². The van der Waals surface area contributed by atoms with Crippen molar-refractivity contribution in [2.24, 2.45) is 0 Å². The number of benzene rings is 2. The van der Waals surface area contributed by atoms with E-state index in [1.807, 2.05) is 6.07 Å². The summed E-state index contributed by atoms with van der Waals surface area (Å²) in [6.07, 6.45) is 0. The second-order valence-corrected chi connectivity index (χ2v) is 6.29. The predicted molar refractivity (Wildman–Crippen MR) is 81.3 cm³/mol. The van der Waals surface area contributed by atoms with Crippen LogP contribution in [0.2, 0.25) is 10.0 Å². The largest absolute Gasteiger partial charge is 0.206 e. The van der Waals surface area contributed by atoms with Crippen LogP contribution in [-0.2, 0) is 0 Å². The van der Waals surface area contributed by atoms with E-state index in [2.05, 4.69) is 31.9 Å². The maximum atomic E-state index is 13.2. The Morgan fingerprint density at radius 3 is 2.17 bits per heavy atom. The van der Waals surface area contributed by atoms with Crippen LogP contribution in [0.25, 0.3) is 0 Å². The molecule has 0 saturated carbocycles. The average molecular weight is 413 g/mol. The second kappa shape index (κ2) is 5.91. The summed E-state index contributed by atoms with van der Waals surface area (Å²) in [7, 11) is 0. The molecule has 94 valence electrons. The standard InChI is InChI=1S/C13H7Br2Cl2F/c14-9-5-7(2-4-12(9)18)13(15)8-1-3-10(16)11(17)6-8/h1-6,13H. The molecule has 0 aliphatic rings. The molecule has 0 nitrogen and oxygen atoms in total. The zero-order valence-electron chi connectivity index (χ0n) is 8.93. The first-order valence-electron chi connectivity index (χ1n) is 5.03. The average Bonchev–Trinajstić information content (AvgIpc) is 2.35. The van der Waals surface area contributed by atoms with E-state index >= 15 is 0 Å². The molecule has 0 aliphatic heterocycles. The molecule has 0 fully saturated rings. The SMILES string of the molecule is Fc1ccc(C(Br)c2ccc(Cl)c(Cl)c2)cc1Br. The summed E-state index contributed by atoms with van der Waals surface area (Å²) in [5.74, 6) is -0.285. The molecule has 0 aliphatic carbocycles. The second-order valence-electron chi connectivity index (χ2n) is 3.71. The summed E-state index contributed by atoms with van der Waals surface area (Å²) in [6, 6.07) is 10.3. The number of rotatable bonds is 2. The van der Waals surface area contributed by atoms with Crippen molar-refractivity contribution in [1.29, 1.82) is 0 Å². The molecule has 0 spiro atoms. The Kier molecular flexibility index (Phi) is 4.70. The number of halogens is 5. The summed E-state index contributed by atoms with van der Waals surface area (Å²) in [4.78, 5) is -0.0656. The Morgan fingerprint density at radius 2 is 1.56 bits per heavy atom. The molecule has 0 saturated heterocycles. The molecular formula is C13H7Br2Cl2F. The zero-order chi connectivity index (χ0) is 13.3. The van der Waals surface area contributed by atoms with Gasteiger partial charge in [-0.25, -0.2) is 4.39 Å². The van der Waals surface area contributed by atoms with Crippen LogP contribution in [-0.4, -0.2) is 0 Å². The highest BCUT2D eigenvalue weighted by Gasteiger charge is 2.13. The summed E-state index contributed by atoms with van der Waals surface area (Å²) >= 11 is 18.6. The molecule has 0 heterocycles. The van der Waals surface area contributed by atoms with Gasteiger partial charge in [-0.2, -0.15) is 0 Å². The molecule has 2 aromatic carbocycles. The van der Waals surface area contributed by atoms with Crippen LogP contribution < -0.4 is 0 Å². The molecule has 1 unspecified atom stereocenters. The minimum Gasteiger partial charge on any atom is -0.206 e. The molecule has 0 aromatic heterocycles. The van der Waals surface area contributed by atoms with Gasteiger partial charge in [-0.15, -0.1) is 0 Å². The normalized spacial score (nSPS) is 12.5. The van der Waals surface area contributed by atoms with Crippen molar-refractivity contribution in [3.8, 4) is 0 Å². The van der Waals surface area contributed by atoms with E-state index in [0.29, 0.717) is 14.5 Å². The molecular weight excluding hydrogens is 406 g/mol. The lowest BCUT2D eigenvalue weighted by Gasteiger charge is -2.12. The van der Waals surface area contributed by atoms with Crippen LogP contribution in [0.3, 0.4) is 0 Å². The van der Waals surface area contributed by atoms with Gasteiger partial charge in [-0.3, -0.25) is 0 Å². The van der Waals surface area contributed by atoms with Crippen LogP contribution in [0.1, 0.15) is 16.0 Å². The van der Waals surface area contributed by atoms with Gasteiger partial charge in [0.25, 0.3) is 0 Å². The van der Waals surface area contributed by atoms with E-state index in [1.165, 1.54) is 6.07 Å². The molecule has 1 atom stereocenters. The van der Waals surface area contributed by atoms with Crippen LogP contribution in [0, 0.1) is 5.82 Å². The molecule has 0 bridgehead atoms. The van der Waals surface area contributed by atoms with Crippen molar-refractivity contribution >= 4 is 55.1 Å². The minimum absolute atomic E-state index is 0.0656. The van der Waals surface area contributed by atoms with E-state index in [1.54, 1.807) is 24.3 Å². The molecule has 0 amide bonds. The van der Waals surface area contributed by atoms with Crippen LogP contribution in [0.15, 0.2) is 40.9 Å². The first-order valence-corrected chi connectivity index (χ1v) is 7.49. The van der Waals surface area contributed by atoms with Gasteiger partial charge in [-0.1, -0.05) is 51.3 Å². The van der Waals surface area contributed by atoms with E-state index in [4.69, 9.17) is 23.2 Å². The number of hydrogen-bond donors (Lipinski definition) is 0. The molecule has 5 heteroatoms. The quantitative estimate of drug-likeness (QED) is 0.502. The predicted octanol–water partition coefficient (Wildman–Crippen LogP) is 6.38. The van der Waals surface area contributed by atoms with Gasteiger partial charge in [0.1, 0.15) is 5.82 Å². The van der Waals surface area contributed by atoms with Gasteiger partial charge >= 0.3 is 0 Å². The summed E-state index contributed by atoms with van der Waals surface area (Å²) < 4.78 is 13.6. The Morgan fingerprint density at radius 1 is 0.944 bits per heavy atom. The zero-order valence-corrected chi connectivity index (χ0v) is 13.6. The van der Waals surface area contributed by atoms with Crippen molar-refractivity contribution in [3.05, 3.63) is 67.9 Å². The molecule has 2 rings (SSSR count). The molecule has 2 aromatic rings. The van der Waals surface area contributed by atoms with Gasteiger partial charge in [0, 0.05) is 0 Å². The first kappa shape index (κ1) is 14.3. The van der Waals surface area contributed by atoms with E-state index in [0.717, 1.165) is 11.1 Å². The smallest absolute Gasteiger partial charge is 0.137 e. The Labute approximate surface area is 131 Å². The Balaban J connectivity index is 2.37. The van der Waals surface area contributed by atoms with Gasteiger partial charge in [-0.05, 0) is 51.3 Å². The van der Waals surface area contributed by atoms with Crippen molar-refractivity contribution in [2.75, 3.05) is 0 Å². The monoisotopic (exact) mass is 410 g/mol. The van der Waals surface area contributed by atoms with E-state index in [-0.39, 0.29) is 10.6 Å². The lowest BCUT2D eigenvalue weighted by atomic mass is 10.1. The lowest BCUT2D eigenvalue weighted by Crippen LogP contribution is -1.94. The first-order chi connectivity index (χ1) is 8.49. The fourth-order valence-corrected chi connectivity index (χ4v) is 2.81. The van der Waals surface area contributed by atoms with E-state index in [9.17, 15) is 4.39 Å². The summed E-state index contributed by atoms with van der Waals surface area (Å²) in [5.41, 5.74) is 1.89. The third-order valence-electron chi connectivity index (χ3n) is 2.47. The fraction of sp³-hybridized carbons (Fsp3) is 0.0769. The van der Waals surface area contributed by atoms with Gasteiger partial charge in [0.2, 0.25) is 0 Å². The summed E-state index contributed by atoms with van der Waals surface area (Å²) in [5, 5.41) is 1.01. The maximum Gasteiger partial charge on any atom is 0.137 e. The van der Waals surface area contributed by atoms with Crippen molar-refractivity contribution < 1.29 is 4.39 Å². The van der Waals surface area contributed by atoms with Crippen molar-refractivity contribution in [1.82, 2.24) is 0 Å². The number of hydrogen-bond acceptors (Lipinski definition) is 0. The third kappa shape index (κ3) is 3.08. The summed E-state index contributed by atoms with van der Waals surface area (Å²) in [6.45, 7) is 0. The van der Waals surface area contributed by atoms with Crippen molar-refractivity contribution in [2.45, 2.75) is 4.83 Å². The highest BCUT2D eigenvalue weighted by Crippen LogP contribution is 2.35. The third-order valence-corrected chi connectivity index (χ3v) is 4.88. The molecule has 18 heavy (non-hydrogen) atoms. The lowest BCUT2D eigenvalue weighted by molar-refractivity contribution is 0.620. The molecule has 0 N–H and O–H groups in total. The fourth-order valence-electron chi connectivity index (χ4n) is 1.53. The van der Waals surface area contributed by atoms with Gasteiger partial charge in [0.05, 0.1) is 19.3 Å². The van der Waals surface area contributed by atoms with E-state index < -0.39 is 0 Å². The van der Waals surface area contributed by atoms with Gasteiger partial charge < -0.3 is 0 Å². The minimum atomic E-state index is -0.285. The van der Waals surface area contributed by atoms with Crippen LogP contribution >= 0.6 is 55.1 Å². The highest BCUT2D eigenvalue weighted by molar-refractivity contribution is 9.10. The van der Waals surface area contributed by atoms with Crippen molar-refractivity contribution in [3.63, 3.8) is 0 Å².